The number of nitrogens with zero attached hydrogens (tertiary/aromatic N) is 1. The second-order valence-corrected chi connectivity index (χ2v) is 19.7. The fraction of sp³-hybridized carbons (Fsp3) is 0.620. The maximum Gasteiger partial charge on any atom is 0.327 e. The quantitative estimate of drug-likeness (QED) is 0.0795. The molecule has 0 radical (unpaired) electrons. The molecule has 1 saturated heterocycles. The molecule has 1 aliphatic heterocycles. The van der Waals surface area contributed by atoms with E-state index in [4.69, 9.17) is 4.74 Å². The third-order valence-electron chi connectivity index (χ3n) is 12.2. The lowest BCUT2D eigenvalue weighted by Crippen LogP contribution is -2.59. The van der Waals surface area contributed by atoms with Crippen LogP contribution in [0.25, 0.3) is 0 Å². The van der Waals surface area contributed by atoms with Gasteiger partial charge in [0.05, 0.1) is 24.0 Å². The number of allylic oxidation sites excluding steroid dienone is 2. The van der Waals surface area contributed by atoms with E-state index in [2.05, 4.69) is 37.2 Å². The average molecular weight is 1020 g/mol. The molecule has 20 nitrogen and oxygen atoms in total. The molecular formula is C50H78N8O12S. The zero-order valence-corrected chi connectivity index (χ0v) is 43.9. The number of likely N-dealkylation sites (N-methyl/N-ethyl adjacent to an activating group) is 1. The predicted octanol–water partition coefficient (Wildman–Crippen LogP) is 1.78. The molecule has 71 heavy (non-hydrogen) atoms. The molecule has 11 unspecified atom stereocenters. The number of ether oxygens (including phenoxy) is 1. The van der Waals surface area contributed by atoms with Crippen LogP contribution < -0.4 is 37.2 Å². The van der Waals surface area contributed by atoms with Gasteiger partial charge in [-0.2, -0.15) is 11.8 Å². The van der Waals surface area contributed by atoms with Crippen LogP contribution in [0.1, 0.15) is 87.1 Å². The molecule has 7 amide bonds. The summed E-state index contributed by atoms with van der Waals surface area (Å²) in [6.07, 6.45) is 4.93. The summed E-state index contributed by atoms with van der Waals surface area (Å²) in [4.78, 5) is 123. The second kappa shape index (κ2) is 30.8. The van der Waals surface area contributed by atoms with Gasteiger partial charge in [0.15, 0.2) is 0 Å². The van der Waals surface area contributed by atoms with Gasteiger partial charge in [0.25, 0.3) is 0 Å². The normalized spacial score (nSPS) is 26.5. The van der Waals surface area contributed by atoms with Crippen LogP contribution in [0.2, 0.25) is 0 Å². The van der Waals surface area contributed by atoms with Crippen molar-refractivity contribution in [1.82, 2.24) is 42.1 Å². The summed E-state index contributed by atoms with van der Waals surface area (Å²) in [5.74, 6) is -10.8. The van der Waals surface area contributed by atoms with Crippen LogP contribution in [-0.2, 0) is 54.3 Å². The van der Waals surface area contributed by atoms with E-state index < -0.39 is 114 Å². The zero-order valence-electron chi connectivity index (χ0n) is 43.0. The molecule has 21 heteroatoms. The first kappa shape index (κ1) is 61.3. The number of carbonyl (C=O) groups excluding carboxylic acids is 7. The van der Waals surface area contributed by atoms with E-state index in [-0.39, 0.29) is 36.5 Å². The highest BCUT2D eigenvalue weighted by molar-refractivity contribution is 7.99. The SMILES string of the molecule is CCNCCSCC1C(=O)NC(C)C(=O)NC(CC(C)C)C(=O)NC(C(=O)O)C(C)C(=O)NC(C)C(=O)NC(/C=C/C(C)=C/C(C)C(Cc2ccccc2)OC)C(C)C(=O)NC(C(=O)O)CCC(=O)N1C. The molecule has 0 aromatic heterocycles. The summed E-state index contributed by atoms with van der Waals surface area (Å²) >= 11 is 1.36. The molecule has 0 bridgehead atoms. The molecule has 1 aromatic carbocycles. The maximum absolute atomic E-state index is 13.9. The Hall–Kier alpha value is -5.80. The lowest BCUT2D eigenvalue weighted by Gasteiger charge is -2.29. The lowest BCUT2D eigenvalue weighted by atomic mass is 9.94. The Balaban J connectivity index is 2.64. The fourth-order valence-electron chi connectivity index (χ4n) is 7.60. The monoisotopic (exact) mass is 1010 g/mol. The third kappa shape index (κ3) is 20.8. The maximum atomic E-state index is 13.9. The summed E-state index contributed by atoms with van der Waals surface area (Å²) in [7, 11) is 3.00. The number of carbonyl (C=O) groups is 9. The van der Waals surface area contributed by atoms with Gasteiger partial charge in [-0.15, -0.1) is 0 Å². The number of carboxylic acid groups (broad SMARTS) is 2. The second-order valence-electron chi connectivity index (χ2n) is 18.6. The van der Waals surface area contributed by atoms with Crippen LogP contribution >= 0.6 is 11.8 Å². The van der Waals surface area contributed by atoms with Crippen molar-refractivity contribution in [2.45, 2.75) is 136 Å². The summed E-state index contributed by atoms with van der Waals surface area (Å²) in [5, 5.41) is 38.9. The number of hydrogen-bond acceptors (Lipinski definition) is 12. The van der Waals surface area contributed by atoms with Crippen LogP contribution in [0.4, 0.5) is 0 Å². The molecule has 396 valence electrons. The van der Waals surface area contributed by atoms with Gasteiger partial charge in [-0.05, 0) is 58.1 Å². The fourth-order valence-corrected chi connectivity index (χ4v) is 8.66. The number of aliphatic carboxylic acids is 2. The van der Waals surface area contributed by atoms with Crippen molar-refractivity contribution in [3.63, 3.8) is 0 Å². The van der Waals surface area contributed by atoms with Gasteiger partial charge < -0.3 is 57.1 Å². The first-order chi connectivity index (χ1) is 33.4. The highest BCUT2D eigenvalue weighted by Crippen LogP contribution is 2.19. The van der Waals surface area contributed by atoms with Crippen LogP contribution in [0.3, 0.4) is 0 Å². The Kier molecular flexibility index (Phi) is 26.6. The molecule has 0 spiro atoms. The van der Waals surface area contributed by atoms with E-state index in [0.717, 1.165) is 16.0 Å². The first-order valence-electron chi connectivity index (χ1n) is 24.2. The van der Waals surface area contributed by atoms with Gasteiger partial charge in [0, 0.05) is 44.5 Å². The van der Waals surface area contributed by atoms with Crippen LogP contribution in [-0.4, -0.2) is 156 Å². The molecule has 9 N–H and O–H groups in total. The van der Waals surface area contributed by atoms with Crippen LogP contribution in [0.5, 0.6) is 0 Å². The van der Waals surface area contributed by atoms with Crippen molar-refractivity contribution in [1.29, 1.82) is 0 Å². The molecule has 1 aromatic rings. The smallest absolute Gasteiger partial charge is 0.327 e. The standard InChI is InChI=1S/C50H78N8O12S/c1-12-51-22-23-71-27-39-48(65)53-34(9)46(63)56-38(24-28(2)3)47(64)57-42(50(68)69)32(7)44(61)52-33(8)45(62)54-36(31(6)43(60)55-37(49(66)67)20-21-41(59)58(39)10)19-18-29(4)25-30(5)40(70-11)26-35-16-14-13-15-17-35/h13-19,25,28,30-34,36-40,42,51H,12,20-24,26-27H2,1-11H3,(H,52,61)(H,53,65)(H,54,62)(H,55,60)(H,56,63)(H,57,64)(H,66,67)(H,68,69)/b19-18+,29-25+. The van der Waals surface area contributed by atoms with Crippen molar-refractivity contribution in [2.24, 2.45) is 23.7 Å². The third-order valence-corrected chi connectivity index (χ3v) is 13.3. The molecule has 1 fully saturated rings. The number of amides is 7. The van der Waals surface area contributed by atoms with Crippen molar-refractivity contribution in [3.05, 3.63) is 59.7 Å². The van der Waals surface area contributed by atoms with E-state index in [1.165, 1.54) is 46.5 Å². The zero-order chi connectivity index (χ0) is 53.5. The molecule has 2 rings (SSSR count). The van der Waals surface area contributed by atoms with Crippen molar-refractivity contribution in [2.75, 3.05) is 38.8 Å². The summed E-state index contributed by atoms with van der Waals surface area (Å²) in [6.45, 7) is 16.0. The van der Waals surface area contributed by atoms with E-state index in [0.29, 0.717) is 25.3 Å². The largest absolute Gasteiger partial charge is 0.480 e. The number of carboxylic acids is 2. The van der Waals surface area contributed by atoms with Gasteiger partial charge in [-0.3, -0.25) is 33.6 Å². The van der Waals surface area contributed by atoms with Crippen molar-refractivity contribution >= 4 is 65.1 Å². The number of rotatable bonds is 17. The average Bonchev–Trinajstić information content (AvgIpc) is 3.31. The molecule has 1 heterocycles. The highest BCUT2D eigenvalue weighted by atomic mass is 32.2. The van der Waals surface area contributed by atoms with Crippen LogP contribution in [0.15, 0.2) is 54.1 Å². The topological polar surface area (TPSA) is 291 Å². The minimum absolute atomic E-state index is 0.0453. The lowest BCUT2D eigenvalue weighted by molar-refractivity contribution is -0.146. The Morgan fingerprint density at radius 2 is 1.42 bits per heavy atom. The Morgan fingerprint density at radius 3 is 2.00 bits per heavy atom. The highest BCUT2D eigenvalue weighted by Gasteiger charge is 2.37. The molecule has 11 atom stereocenters. The van der Waals surface area contributed by atoms with E-state index in [1.807, 2.05) is 57.2 Å². The van der Waals surface area contributed by atoms with Gasteiger partial charge in [-0.1, -0.05) is 95.7 Å². The summed E-state index contributed by atoms with van der Waals surface area (Å²) < 4.78 is 5.81. The molecule has 0 saturated carbocycles. The first-order valence-corrected chi connectivity index (χ1v) is 25.3. The number of nitrogens with one attached hydrogen (secondary N) is 7. The van der Waals surface area contributed by atoms with E-state index >= 15 is 0 Å². The number of methoxy groups -OCH3 is 1. The van der Waals surface area contributed by atoms with Gasteiger partial charge in [-0.25, -0.2) is 9.59 Å². The number of hydrogen-bond donors (Lipinski definition) is 9. The predicted molar refractivity (Wildman–Crippen MR) is 271 cm³/mol. The van der Waals surface area contributed by atoms with Crippen LogP contribution in [0, 0.1) is 23.7 Å². The molecular weight excluding hydrogens is 937 g/mol. The van der Waals surface area contributed by atoms with Crippen molar-refractivity contribution in [3.8, 4) is 0 Å². The Bertz CT molecular complexity index is 2040. The molecule has 0 aliphatic carbocycles. The van der Waals surface area contributed by atoms with Gasteiger partial charge in [0.2, 0.25) is 41.4 Å². The number of thioether (sulfide) groups is 1. The van der Waals surface area contributed by atoms with E-state index in [9.17, 15) is 53.4 Å². The minimum atomic E-state index is -1.82. The minimum Gasteiger partial charge on any atom is -0.480 e. The van der Waals surface area contributed by atoms with Gasteiger partial charge in [0.1, 0.15) is 36.3 Å². The Morgan fingerprint density at radius 1 is 0.817 bits per heavy atom. The van der Waals surface area contributed by atoms with E-state index in [1.54, 1.807) is 33.1 Å². The van der Waals surface area contributed by atoms with Gasteiger partial charge >= 0.3 is 11.9 Å². The van der Waals surface area contributed by atoms with Crippen molar-refractivity contribution < 1.29 is 58.1 Å². The number of benzene rings is 1. The summed E-state index contributed by atoms with van der Waals surface area (Å²) in [5.41, 5.74) is 1.83. The molecule has 1 aliphatic rings. The summed E-state index contributed by atoms with van der Waals surface area (Å²) in [6, 6.07) is 0.310. The Labute approximate surface area is 422 Å².